The van der Waals surface area contributed by atoms with E-state index in [0.717, 1.165) is 5.56 Å². The number of nitrogens with zero attached hydrogens (tertiary/aromatic N) is 2. The largest absolute Gasteiger partial charge is 0.353 e. The highest BCUT2D eigenvalue weighted by Crippen LogP contribution is 2.40. The molecule has 7 heteroatoms. The van der Waals surface area contributed by atoms with Gasteiger partial charge in [-0.05, 0) is 5.56 Å². The Morgan fingerprint density at radius 3 is 1.74 bits per heavy atom. The van der Waals surface area contributed by atoms with Gasteiger partial charge in [-0.15, -0.1) is 0 Å². The molecule has 3 aromatic carbocycles. The van der Waals surface area contributed by atoms with Gasteiger partial charge in [-0.1, -0.05) is 91.0 Å². The number of nitrogens with one attached hydrogen (secondary N) is 1. The van der Waals surface area contributed by atoms with Crippen molar-refractivity contribution in [1.82, 2.24) is 15.1 Å². The Hall–Kier alpha value is -4.10. The van der Waals surface area contributed by atoms with Crippen molar-refractivity contribution in [2.75, 3.05) is 39.3 Å². The van der Waals surface area contributed by atoms with Crippen LogP contribution >= 0.6 is 0 Å². The van der Waals surface area contributed by atoms with E-state index < -0.39 is 11.8 Å². The first-order valence-corrected chi connectivity index (χ1v) is 13.0. The van der Waals surface area contributed by atoms with Crippen LogP contribution in [0.4, 0.5) is 0 Å². The fourth-order valence-corrected chi connectivity index (χ4v) is 5.68. The molecule has 0 saturated carbocycles. The van der Waals surface area contributed by atoms with Gasteiger partial charge in [0, 0.05) is 55.1 Å². The number of ketones is 2. The van der Waals surface area contributed by atoms with Gasteiger partial charge in [0.2, 0.25) is 11.8 Å². The molecular weight excluding hydrogens is 478 g/mol. The second kappa shape index (κ2) is 11.5. The summed E-state index contributed by atoms with van der Waals surface area (Å²) in [6.45, 7) is 1.63. The van der Waals surface area contributed by atoms with Gasteiger partial charge < -0.3 is 10.2 Å². The average Bonchev–Trinajstić information content (AvgIpc) is 2.97. The second-order valence-corrected chi connectivity index (χ2v) is 9.97. The third-order valence-electron chi connectivity index (χ3n) is 7.50. The minimum absolute atomic E-state index is 0.0259. The Labute approximate surface area is 222 Å². The average molecular weight is 510 g/mol. The van der Waals surface area contributed by atoms with E-state index in [0.29, 0.717) is 37.3 Å². The Morgan fingerprint density at radius 1 is 0.737 bits per heavy atom. The highest BCUT2D eigenvalue weighted by molar-refractivity contribution is 6.02. The molecule has 2 saturated heterocycles. The van der Waals surface area contributed by atoms with Crippen molar-refractivity contribution in [3.63, 3.8) is 0 Å². The molecule has 2 fully saturated rings. The van der Waals surface area contributed by atoms with E-state index in [9.17, 15) is 19.2 Å². The number of likely N-dealkylation sites (tertiary alicyclic amines) is 1. The molecule has 3 aromatic rings. The summed E-state index contributed by atoms with van der Waals surface area (Å²) in [5.74, 6) is -1.83. The summed E-state index contributed by atoms with van der Waals surface area (Å²) in [6, 6.07) is 28.0. The van der Waals surface area contributed by atoms with E-state index in [1.165, 1.54) is 0 Å². The first kappa shape index (κ1) is 25.5. The third kappa shape index (κ3) is 5.58. The number of hydrogen-bond acceptors (Lipinski definition) is 5. The first-order valence-electron chi connectivity index (χ1n) is 13.0. The number of piperazine rings is 1. The van der Waals surface area contributed by atoms with Gasteiger partial charge >= 0.3 is 0 Å². The summed E-state index contributed by atoms with van der Waals surface area (Å²) in [5, 5.41) is 2.74. The molecule has 7 nitrogen and oxygen atoms in total. The molecule has 2 atom stereocenters. The van der Waals surface area contributed by atoms with Crippen LogP contribution in [-0.4, -0.2) is 72.4 Å². The van der Waals surface area contributed by atoms with E-state index in [1.54, 1.807) is 29.2 Å². The fraction of sp³-hybridized carbons (Fsp3) is 0.290. The van der Waals surface area contributed by atoms with E-state index in [2.05, 4.69) is 5.32 Å². The van der Waals surface area contributed by atoms with Crippen LogP contribution in [0.5, 0.6) is 0 Å². The summed E-state index contributed by atoms with van der Waals surface area (Å²) in [5.41, 5.74) is 2.12. The molecule has 2 aliphatic rings. The highest BCUT2D eigenvalue weighted by atomic mass is 16.2. The standard InChI is InChI=1S/C31H31N3O4/c35-27-20-34(17-16-32-27)28(36)21-33-18-25(30(37)23-12-6-2-7-13-23)29(22-10-4-1-5-11-22)26(19-33)31(38)24-14-8-3-9-15-24/h1-15,25-26,29H,16-21H2,(H,32,35). The maximum Gasteiger partial charge on any atom is 0.239 e. The van der Waals surface area contributed by atoms with Crippen LogP contribution in [0.2, 0.25) is 0 Å². The quantitative estimate of drug-likeness (QED) is 0.495. The number of rotatable bonds is 7. The van der Waals surface area contributed by atoms with Gasteiger partial charge in [0.25, 0.3) is 0 Å². The maximum atomic E-state index is 14.0. The second-order valence-electron chi connectivity index (χ2n) is 9.97. The summed E-state index contributed by atoms with van der Waals surface area (Å²) in [7, 11) is 0. The zero-order valence-corrected chi connectivity index (χ0v) is 21.2. The van der Waals surface area contributed by atoms with E-state index >= 15 is 0 Å². The van der Waals surface area contributed by atoms with Crippen molar-refractivity contribution in [2.45, 2.75) is 5.92 Å². The van der Waals surface area contributed by atoms with Gasteiger partial charge in [0.05, 0.1) is 13.1 Å². The van der Waals surface area contributed by atoms with Crippen molar-refractivity contribution in [1.29, 1.82) is 0 Å². The Balaban J connectivity index is 1.51. The predicted octanol–water partition coefficient (Wildman–Crippen LogP) is 3.04. The van der Waals surface area contributed by atoms with Gasteiger partial charge in [0.15, 0.2) is 11.6 Å². The lowest BCUT2D eigenvalue weighted by molar-refractivity contribution is -0.139. The number of carbonyl (C=O) groups is 4. The van der Waals surface area contributed by atoms with Gasteiger partial charge in [0.1, 0.15) is 0 Å². The summed E-state index contributed by atoms with van der Waals surface area (Å²) >= 11 is 0. The highest BCUT2D eigenvalue weighted by Gasteiger charge is 2.45. The minimum Gasteiger partial charge on any atom is -0.353 e. The molecule has 0 bridgehead atoms. The van der Waals surface area contributed by atoms with Crippen molar-refractivity contribution in [3.05, 3.63) is 108 Å². The fourth-order valence-electron chi connectivity index (χ4n) is 5.68. The Kier molecular flexibility index (Phi) is 7.75. The normalized spacial score (nSPS) is 21.9. The van der Waals surface area contributed by atoms with E-state index in [-0.39, 0.29) is 42.4 Å². The molecule has 2 aliphatic heterocycles. The van der Waals surface area contributed by atoms with E-state index in [1.807, 2.05) is 71.6 Å². The molecule has 2 amide bonds. The molecule has 0 aromatic heterocycles. The van der Waals surface area contributed by atoms with Crippen LogP contribution in [0, 0.1) is 11.8 Å². The predicted molar refractivity (Wildman–Crippen MR) is 144 cm³/mol. The van der Waals surface area contributed by atoms with E-state index in [4.69, 9.17) is 0 Å². The van der Waals surface area contributed by atoms with Crippen molar-refractivity contribution in [2.24, 2.45) is 11.8 Å². The van der Waals surface area contributed by atoms with Crippen LogP contribution in [0.1, 0.15) is 32.2 Å². The van der Waals surface area contributed by atoms with Crippen LogP contribution < -0.4 is 5.32 Å². The summed E-state index contributed by atoms with van der Waals surface area (Å²) < 4.78 is 0. The number of amides is 2. The molecule has 0 radical (unpaired) electrons. The first-order chi connectivity index (χ1) is 18.5. The molecule has 0 spiro atoms. The molecule has 5 rings (SSSR count). The molecular formula is C31H31N3O4. The maximum absolute atomic E-state index is 14.0. The van der Waals surface area contributed by atoms with Crippen molar-refractivity contribution < 1.29 is 19.2 Å². The number of hydrogen-bond donors (Lipinski definition) is 1. The van der Waals surface area contributed by atoms with Crippen LogP contribution in [0.3, 0.4) is 0 Å². The minimum atomic E-state index is -0.524. The lowest BCUT2D eigenvalue weighted by atomic mass is 9.68. The molecule has 1 N–H and O–H groups in total. The van der Waals surface area contributed by atoms with Crippen LogP contribution in [0.25, 0.3) is 0 Å². The third-order valence-corrected chi connectivity index (χ3v) is 7.50. The van der Waals surface area contributed by atoms with Crippen LogP contribution in [-0.2, 0) is 9.59 Å². The molecule has 194 valence electrons. The van der Waals surface area contributed by atoms with Crippen molar-refractivity contribution in [3.8, 4) is 0 Å². The lowest BCUT2D eigenvalue weighted by Crippen LogP contribution is -2.55. The number of piperidine rings is 1. The molecule has 2 heterocycles. The van der Waals surface area contributed by atoms with Gasteiger partial charge in [-0.25, -0.2) is 0 Å². The molecule has 2 unspecified atom stereocenters. The monoisotopic (exact) mass is 509 g/mol. The summed E-state index contributed by atoms with van der Waals surface area (Å²) in [6.07, 6.45) is 0. The SMILES string of the molecule is O=C1CN(C(=O)CN2CC(C(=O)c3ccccc3)C(c3ccccc3)C(C(=O)c3ccccc3)C2)CCN1. The Bertz CT molecular complexity index is 1230. The zero-order chi connectivity index (χ0) is 26.5. The molecule has 38 heavy (non-hydrogen) atoms. The van der Waals surface area contributed by atoms with Gasteiger partial charge in [-0.2, -0.15) is 0 Å². The number of Topliss-reactive ketones (excluding diaryl/α,β-unsaturated/α-hetero) is 2. The molecule has 0 aliphatic carbocycles. The summed E-state index contributed by atoms with van der Waals surface area (Å²) in [4.78, 5) is 56.5. The smallest absolute Gasteiger partial charge is 0.239 e. The lowest BCUT2D eigenvalue weighted by Gasteiger charge is -2.43. The van der Waals surface area contributed by atoms with Crippen LogP contribution in [0.15, 0.2) is 91.0 Å². The topological polar surface area (TPSA) is 86.8 Å². The zero-order valence-electron chi connectivity index (χ0n) is 21.2. The number of carbonyl (C=O) groups excluding carboxylic acids is 4. The van der Waals surface area contributed by atoms with Crippen molar-refractivity contribution >= 4 is 23.4 Å². The number of benzene rings is 3. The van der Waals surface area contributed by atoms with Gasteiger partial charge in [-0.3, -0.25) is 24.1 Å². The Morgan fingerprint density at radius 2 is 1.24 bits per heavy atom.